The summed E-state index contributed by atoms with van der Waals surface area (Å²) in [7, 11) is 1.71. The van der Waals surface area contributed by atoms with Gasteiger partial charge in [-0.3, -0.25) is 0 Å². The molecule has 10 heteroatoms. The monoisotopic (exact) mass is 355 g/mol. The summed E-state index contributed by atoms with van der Waals surface area (Å²) < 4.78 is 1.41. The summed E-state index contributed by atoms with van der Waals surface area (Å²) >= 11 is 6.32. The fourth-order valence-corrected chi connectivity index (χ4v) is 2.68. The number of hydrogen-bond acceptors (Lipinski definition) is 7. The van der Waals surface area contributed by atoms with Crippen molar-refractivity contribution in [2.75, 3.05) is 17.7 Å². The van der Waals surface area contributed by atoms with Crippen molar-refractivity contribution < 1.29 is 0 Å². The van der Waals surface area contributed by atoms with Gasteiger partial charge in [0.2, 0.25) is 5.95 Å². The van der Waals surface area contributed by atoms with Gasteiger partial charge < -0.3 is 15.6 Å². The molecule has 0 amide bonds. The highest BCUT2D eigenvalue weighted by atomic mass is 35.5. The molecule has 0 aliphatic heterocycles. The number of rotatable bonds is 4. The molecule has 3 aromatic heterocycles. The highest BCUT2D eigenvalue weighted by Gasteiger charge is 2.25. The zero-order valence-corrected chi connectivity index (χ0v) is 14.5. The molecule has 0 aliphatic rings. The minimum atomic E-state index is -0.890. The topological polar surface area (TPSA) is 131 Å². The van der Waals surface area contributed by atoms with Gasteiger partial charge in [-0.1, -0.05) is 11.6 Å². The Morgan fingerprint density at radius 1 is 1.32 bits per heavy atom. The first-order chi connectivity index (χ1) is 11.9. The maximum absolute atomic E-state index is 9.23. The first kappa shape index (κ1) is 16.6. The van der Waals surface area contributed by atoms with Crippen LogP contribution in [0.2, 0.25) is 5.15 Å². The number of halogens is 1. The molecule has 0 atom stereocenters. The SMILES string of the molecule is CNc1nc(Nc2cnn(C(C)(C)C#N)c2Cl)nc2[nH]cc(C#N)c12. The van der Waals surface area contributed by atoms with Gasteiger partial charge in [0.05, 0.1) is 28.9 Å². The van der Waals surface area contributed by atoms with Crippen molar-refractivity contribution in [1.29, 1.82) is 10.5 Å². The van der Waals surface area contributed by atoms with Crippen molar-refractivity contribution >= 4 is 40.1 Å². The summed E-state index contributed by atoms with van der Waals surface area (Å²) in [5.41, 5.74) is 0.546. The zero-order valence-electron chi connectivity index (χ0n) is 13.7. The number of nitrogens with one attached hydrogen (secondary N) is 3. The second-order valence-electron chi connectivity index (χ2n) is 5.74. The Kier molecular flexibility index (Phi) is 3.95. The van der Waals surface area contributed by atoms with Crippen LogP contribution in [0.15, 0.2) is 12.4 Å². The summed E-state index contributed by atoms with van der Waals surface area (Å²) in [6.45, 7) is 3.42. The van der Waals surface area contributed by atoms with E-state index in [-0.39, 0.29) is 11.1 Å². The first-order valence-corrected chi connectivity index (χ1v) is 7.68. The van der Waals surface area contributed by atoms with Crippen LogP contribution < -0.4 is 10.6 Å². The largest absolute Gasteiger partial charge is 0.372 e. The highest BCUT2D eigenvalue weighted by molar-refractivity contribution is 6.32. The lowest BCUT2D eigenvalue weighted by Crippen LogP contribution is -2.25. The summed E-state index contributed by atoms with van der Waals surface area (Å²) in [4.78, 5) is 11.7. The molecule has 0 saturated heterocycles. The van der Waals surface area contributed by atoms with Crippen molar-refractivity contribution in [2.45, 2.75) is 19.4 Å². The van der Waals surface area contributed by atoms with E-state index in [4.69, 9.17) is 16.9 Å². The summed E-state index contributed by atoms with van der Waals surface area (Å²) in [5.74, 6) is 0.783. The van der Waals surface area contributed by atoms with Crippen LogP contribution in [0.3, 0.4) is 0 Å². The summed E-state index contributed by atoms with van der Waals surface area (Å²) in [6.07, 6.45) is 3.08. The molecular weight excluding hydrogens is 342 g/mol. The van der Waals surface area contributed by atoms with Crippen LogP contribution in [-0.2, 0) is 5.54 Å². The van der Waals surface area contributed by atoms with Crippen LogP contribution in [0.1, 0.15) is 19.4 Å². The van der Waals surface area contributed by atoms with Gasteiger partial charge in [0.25, 0.3) is 0 Å². The van der Waals surface area contributed by atoms with Crippen LogP contribution >= 0.6 is 11.6 Å². The van der Waals surface area contributed by atoms with Gasteiger partial charge in [-0.15, -0.1) is 0 Å². The highest BCUT2D eigenvalue weighted by Crippen LogP contribution is 2.30. The Labute approximate surface area is 148 Å². The predicted octanol–water partition coefficient (Wildman–Crippen LogP) is 2.72. The number of hydrogen-bond donors (Lipinski definition) is 3. The number of H-pyrrole nitrogens is 1. The van der Waals surface area contributed by atoms with Crippen LogP contribution in [0.4, 0.5) is 17.5 Å². The Morgan fingerprint density at radius 3 is 2.72 bits per heavy atom. The van der Waals surface area contributed by atoms with Gasteiger partial charge in [0.15, 0.2) is 5.15 Å². The van der Waals surface area contributed by atoms with Crippen LogP contribution in [0.25, 0.3) is 11.0 Å². The molecule has 0 aliphatic carbocycles. The third-order valence-corrected chi connectivity index (χ3v) is 4.01. The second kappa shape index (κ2) is 5.96. The van der Waals surface area contributed by atoms with Gasteiger partial charge in [-0.25, -0.2) is 4.68 Å². The molecule has 25 heavy (non-hydrogen) atoms. The summed E-state index contributed by atoms with van der Waals surface area (Å²) in [5, 5.41) is 29.4. The van der Waals surface area contributed by atoms with Crippen LogP contribution in [0, 0.1) is 22.7 Å². The Hall–Kier alpha value is -3.30. The standard InChI is InChI=1S/C15H14ClN9/c1-15(2,7-18)25-11(16)9(6-21-25)22-14-23-12(19-3)10-8(4-17)5-20-13(10)24-14/h5-6H,1-3H3,(H3,19,20,22,23,24). The normalized spacial score (nSPS) is 11.1. The van der Waals surface area contributed by atoms with Gasteiger partial charge in [-0.2, -0.15) is 25.6 Å². The second-order valence-corrected chi connectivity index (χ2v) is 6.10. The number of fused-ring (bicyclic) bond motifs is 1. The quantitative estimate of drug-likeness (QED) is 0.655. The van der Waals surface area contributed by atoms with Gasteiger partial charge in [0.1, 0.15) is 23.1 Å². The molecule has 0 radical (unpaired) electrons. The minimum Gasteiger partial charge on any atom is -0.372 e. The van der Waals surface area contributed by atoms with E-state index in [0.29, 0.717) is 28.1 Å². The average Bonchev–Trinajstić information content (AvgIpc) is 3.18. The van der Waals surface area contributed by atoms with Crippen LogP contribution in [-0.4, -0.2) is 31.8 Å². The molecule has 3 rings (SSSR count). The van der Waals surface area contributed by atoms with E-state index in [1.54, 1.807) is 27.1 Å². The Morgan fingerprint density at radius 2 is 2.08 bits per heavy atom. The minimum absolute atomic E-state index is 0.269. The molecule has 0 spiro atoms. The fraction of sp³-hybridized carbons (Fsp3) is 0.267. The van der Waals surface area contributed by atoms with Gasteiger partial charge in [0, 0.05) is 13.2 Å². The molecule has 0 bridgehead atoms. The third-order valence-electron chi connectivity index (χ3n) is 3.65. The predicted molar refractivity (Wildman–Crippen MR) is 93.6 cm³/mol. The van der Waals surface area contributed by atoms with E-state index < -0.39 is 5.54 Å². The molecule has 0 unspecified atom stereocenters. The maximum atomic E-state index is 9.23. The molecule has 3 heterocycles. The number of aromatic amines is 1. The zero-order chi connectivity index (χ0) is 18.2. The van der Waals surface area contributed by atoms with Crippen molar-refractivity contribution in [3.05, 3.63) is 23.1 Å². The lowest BCUT2D eigenvalue weighted by atomic mass is 10.1. The third kappa shape index (κ3) is 2.71. The summed E-state index contributed by atoms with van der Waals surface area (Å²) in [6, 6.07) is 4.23. The molecule has 0 fully saturated rings. The van der Waals surface area contributed by atoms with E-state index in [2.05, 4.69) is 42.8 Å². The molecule has 126 valence electrons. The molecule has 3 N–H and O–H groups in total. The molecule has 0 saturated carbocycles. The lowest BCUT2D eigenvalue weighted by Gasteiger charge is -2.17. The first-order valence-electron chi connectivity index (χ1n) is 7.30. The molecular formula is C15H14ClN9. The lowest BCUT2D eigenvalue weighted by molar-refractivity contribution is 0.419. The van der Waals surface area contributed by atoms with Crippen molar-refractivity contribution in [3.8, 4) is 12.1 Å². The van der Waals surface area contributed by atoms with Crippen molar-refractivity contribution in [1.82, 2.24) is 24.7 Å². The van der Waals surface area contributed by atoms with Crippen molar-refractivity contribution in [3.63, 3.8) is 0 Å². The number of anilines is 3. The fourth-order valence-electron chi connectivity index (χ4n) is 2.33. The van der Waals surface area contributed by atoms with E-state index in [9.17, 15) is 5.26 Å². The Bertz CT molecular complexity index is 1030. The van der Waals surface area contributed by atoms with Gasteiger partial charge in [-0.05, 0) is 13.8 Å². The van der Waals surface area contributed by atoms with Gasteiger partial charge >= 0.3 is 0 Å². The smallest absolute Gasteiger partial charge is 0.231 e. The van der Waals surface area contributed by atoms with E-state index in [1.165, 1.54) is 10.9 Å². The molecule has 3 aromatic rings. The number of nitriles is 2. The molecule has 0 aromatic carbocycles. The van der Waals surface area contributed by atoms with E-state index in [1.807, 2.05) is 0 Å². The van der Waals surface area contributed by atoms with E-state index in [0.717, 1.165) is 0 Å². The Balaban J connectivity index is 2.03. The van der Waals surface area contributed by atoms with Crippen LogP contribution in [0.5, 0.6) is 0 Å². The number of nitrogens with zero attached hydrogens (tertiary/aromatic N) is 6. The molecule has 9 nitrogen and oxygen atoms in total. The van der Waals surface area contributed by atoms with E-state index >= 15 is 0 Å². The maximum Gasteiger partial charge on any atom is 0.231 e. The average molecular weight is 356 g/mol. The van der Waals surface area contributed by atoms with Crippen molar-refractivity contribution in [2.24, 2.45) is 0 Å². The number of aromatic nitrogens is 5.